The van der Waals surface area contributed by atoms with Gasteiger partial charge in [0, 0.05) is 22.5 Å². The molecule has 0 aliphatic rings. The van der Waals surface area contributed by atoms with E-state index >= 15 is 0 Å². The number of fused-ring (bicyclic) bond motifs is 1. The number of nitrogens with zero attached hydrogens (tertiary/aromatic N) is 2. The number of rotatable bonds is 2. The molecule has 0 unspecified atom stereocenters. The topological polar surface area (TPSA) is 17.8 Å². The summed E-state index contributed by atoms with van der Waals surface area (Å²) in [6.45, 7) is 2.94. The number of hydrogen-bond donors (Lipinski definition) is 0. The first-order valence-corrected chi connectivity index (χ1v) is 6.39. The van der Waals surface area contributed by atoms with Gasteiger partial charge in [-0.05, 0) is 25.1 Å². The van der Waals surface area contributed by atoms with E-state index in [4.69, 9.17) is 11.6 Å². The molecule has 0 fully saturated rings. The van der Waals surface area contributed by atoms with Gasteiger partial charge in [0.25, 0.3) is 0 Å². The molecule has 3 aromatic rings. The van der Waals surface area contributed by atoms with Crippen LogP contribution in [0, 0.1) is 0 Å². The van der Waals surface area contributed by atoms with Crippen molar-refractivity contribution in [2.45, 2.75) is 13.5 Å². The van der Waals surface area contributed by atoms with E-state index < -0.39 is 0 Å². The fraction of sp³-hybridized carbons (Fsp3) is 0.133. The molecule has 1 aromatic heterocycles. The molecule has 3 rings (SSSR count). The van der Waals surface area contributed by atoms with E-state index in [9.17, 15) is 0 Å². The Labute approximate surface area is 111 Å². The lowest BCUT2D eigenvalue weighted by molar-refractivity contribution is 0.675. The van der Waals surface area contributed by atoms with Gasteiger partial charge in [0.15, 0.2) is 0 Å². The maximum Gasteiger partial charge on any atom is 0.0931 e. The van der Waals surface area contributed by atoms with Crippen molar-refractivity contribution in [3.63, 3.8) is 0 Å². The molecule has 18 heavy (non-hydrogen) atoms. The summed E-state index contributed by atoms with van der Waals surface area (Å²) in [5, 5.41) is 6.46. The third-order valence-electron chi connectivity index (χ3n) is 3.05. The zero-order chi connectivity index (χ0) is 12.5. The van der Waals surface area contributed by atoms with Crippen LogP contribution in [-0.4, -0.2) is 9.78 Å². The number of hydrogen-bond acceptors (Lipinski definition) is 1. The monoisotopic (exact) mass is 256 g/mol. The highest BCUT2D eigenvalue weighted by molar-refractivity contribution is 6.31. The molecule has 0 saturated carbocycles. The lowest BCUT2D eigenvalue weighted by atomic mass is 10.1. The highest BCUT2D eigenvalue weighted by Gasteiger charge is 2.12. The Hall–Kier alpha value is -1.80. The van der Waals surface area contributed by atoms with Crippen LogP contribution in [-0.2, 0) is 6.54 Å². The highest BCUT2D eigenvalue weighted by Crippen LogP contribution is 2.30. The first-order valence-electron chi connectivity index (χ1n) is 6.01. The Balaban J connectivity index is 2.35. The standard InChI is InChI=1S/C15H13ClN2/c1-2-18-15(11-6-4-3-5-7-11)13-10-12(16)8-9-14(13)17-18/h3-10H,2H2,1H3. The third-order valence-corrected chi connectivity index (χ3v) is 3.28. The quantitative estimate of drug-likeness (QED) is 0.665. The van der Waals surface area contributed by atoms with E-state index in [-0.39, 0.29) is 0 Å². The number of aryl methyl sites for hydroxylation is 1. The molecule has 0 bridgehead atoms. The van der Waals surface area contributed by atoms with Crippen LogP contribution in [0.4, 0.5) is 0 Å². The van der Waals surface area contributed by atoms with Gasteiger partial charge in [-0.3, -0.25) is 4.68 Å². The van der Waals surface area contributed by atoms with Gasteiger partial charge in [-0.25, -0.2) is 0 Å². The smallest absolute Gasteiger partial charge is 0.0931 e. The lowest BCUT2D eigenvalue weighted by Crippen LogP contribution is -1.98. The SMILES string of the molecule is CCn1nc2ccc(Cl)cc2c1-c1ccccc1. The lowest BCUT2D eigenvalue weighted by Gasteiger charge is -2.05. The summed E-state index contributed by atoms with van der Waals surface area (Å²) in [5.74, 6) is 0. The minimum Gasteiger partial charge on any atom is -0.264 e. The predicted molar refractivity (Wildman–Crippen MR) is 75.9 cm³/mol. The van der Waals surface area contributed by atoms with Crippen LogP contribution in [0.1, 0.15) is 6.92 Å². The van der Waals surface area contributed by atoms with Crippen LogP contribution >= 0.6 is 11.6 Å². The number of halogens is 1. The zero-order valence-electron chi connectivity index (χ0n) is 10.1. The second-order valence-corrected chi connectivity index (χ2v) is 4.63. The van der Waals surface area contributed by atoms with Gasteiger partial charge in [-0.15, -0.1) is 0 Å². The van der Waals surface area contributed by atoms with E-state index in [1.807, 2.05) is 41.1 Å². The summed E-state index contributed by atoms with van der Waals surface area (Å²) in [5.41, 5.74) is 3.29. The van der Waals surface area contributed by atoms with Crippen LogP contribution in [0.25, 0.3) is 22.2 Å². The van der Waals surface area contributed by atoms with E-state index in [0.717, 1.165) is 28.2 Å². The maximum absolute atomic E-state index is 6.09. The summed E-state index contributed by atoms with van der Waals surface area (Å²) in [6.07, 6.45) is 0. The molecule has 0 saturated heterocycles. The van der Waals surface area contributed by atoms with Crippen molar-refractivity contribution in [2.24, 2.45) is 0 Å². The van der Waals surface area contributed by atoms with Gasteiger partial charge >= 0.3 is 0 Å². The molecule has 1 heterocycles. The van der Waals surface area contributed by atoms with Gasteiger partial charge in [-0.1, -0.05) is 41.9 Å². The molecule has 90 valence electrons. The fourth-order valence-electron chi connectivity index (χ4n) is 2.23. The van der Waals surface area contributed by atoms with Crippen LogP contribution in [0.15, 0.2) is 48.5 Å². The van der Waals surface area contributed by atoms with Crippen molar-refractivity contribution in [1.29, 1.82) is 0 Å². The third kappa shape index (κ3) is 1.79. The summed E-state index contributed by atoms with van der Waals surface area (Å²) >= 11 is 6.09. The molecule has 0 spiro atoms. The summed E-state index contributed by atoms with van der Waals surface area (Å²) in [7, 11) is 0. The van der Waals surface area contributed by atoms with Crippen molar-refractivity contribution in [3.8, 4) is 11.3 Å². The van der Waals surface area contributed by atoms with Crippen molar-refractivity contribution < 1.29 is 0 Å². The van der Waals surface area contributed by atoms with E-state index in [1.165, 1.54) is 5.56 Å². The summed E-state index contributed by atoms with van der Waals surface area (Å²) in [4.78, 5) is 0. The molecule has 0 N–H and O–H groups in total. The molecule has 0 atom stereocenters. The van der Waals surface area contributed by atoms with Gasteiger partial charge in [0.05, 0.1) is 11.2 Å². The summed E-state index contributed by atoms with van der Waals surface area (Å²) < 4.78 is 2.02. The van der Waals surface area contributed by atoms with E-state index in [1.54, 1.807) is 0 Å². The minimum atomic E-state index is 0.746. The van der Waals surface area contributed by atoms with Gasteiger partial charge in [-0.2, -0.15) is 5.10 Å². The average Bonchev–Trinajstić information content (AvgIpc) is 2.77. The second kappa shape index (κ2) is 4.46. The largest absolute Gasteiger partial charge is 0.264 e. The van der Waals surface area contributed by atoms with Crippen molar-refractivity contribution in [2.75, 3.05) is 0 Å². The Morgan fingerprint density at radius 1 is 1.11 bits per heavy atom. The Kier molecular flexibility index (Phi) is 2.80. The number of aromatic nitrogens is 2. The van der Waals surface area contributed by atoms with E-state index in [0.29, 0.717) is 0 Å². The van der Waals surface area contributed by atoms with Crippen LogP contribution in [0.3, 0.4) is 0 Å². The average molecular weight is 257 g/mol. The van der Waals surface area contributed by atoms with Crippen LogP contribution in [0.2, 0.25) is 5.02 Å². The zero-order valence-corrected chi connectivity index (χ0v) is 10.9. The molecular weight excluding hydrogens is 244 g/mol. The molecule has 2 aromatic carbocycles. The van der Waals surface area contributed by atoms with Crippen molar-refractivity contribution in [3.05, 3.63) is 53.6 Å². The van der Waals surface area contributed by atoms with Crippen LogP contribution in [0.5, 0.6) is 0 Å². The van der Waals surface area contributed by atoms with Crippen molar-refractivity contribution >= 4 is 22.5 Å². The molecule has 0 aliphatic carbocycles. The molecule has 2 nitrogen and oxygen atoms in total. The first kappa shape index (κ1) is 11.3. The molecule has 0 radical (unpaired) electrons. The Morgan fingerprint density at radius 2 is 1.89 bits per heavy atom. The van der Waals surface area contributed by atoms with Crippen molar-refractivity contribution in [1.82, 2.24) is 9.78 Å². The Bertz CT molecular complexity index is 686. The molecular formula is C15H13ClN2. The van der Waals surface area contributed by atoms with Gasteiger partial charge < -0.3 is 0 Å². The molecule has 0 amide bonds. The normalized spacial score (nSPS) is 11.0. The molecule has 0 aliphatic heterocycles. The second-order valence-electron chi connectivity index (χ2n) is 4.19. The first-order chi connectivity index (χ1) is 8.79. The predicted octanol–water partition coefficient (Wildman–Crippen LogP) is 4.38. The number of benzene rings is 2. The van der Waals surface area contributed by atoms with Gasteiger partial charge in [0.1, 0.15) is 0 Å². The Morgan fingerprint density at radius 3 is 2.61 bits per heavy atom. The van der Waals surface area contributed by atoms with Crippen LogP contribution < -0.4 is 0 Å². The minimum absolute atomic E-state index is 0.746. The summed E-state index contributed by atoms with van der Waals surface area (Å²) in [6, 6.07) is 16.1. The van der Waals surface area contributed by atoms with E-state index in [2.05, 4.69) is 24.2 Å². The van der Waals surface area contributed by atoms with Gasteiger partial charge in [0.2, 0.25) is 0 Å². The fourth-order valence-corrected chi connectivity index (χ4v) is 2.41. The highest BCUT2D eigenvalue weighted by atomic mass is 35.5. The maximum atomic E-state index is 6.09. The molecule has 3 heteroatoms.